The topological polar surface area (TPSA) is 108 Å². The molecule has 0 amide bonds. The van der Waals surface area contributed by atoms with Crippen molar-refractivity contribution in [3.05, 3.63) is 69.0 Å². The van der Waals surface area contributed by atoms with E-state index in [-0.39, 0.29) is 18.7 Å². The number of aromatic nitrogens is 5. The van der Waals surface area contributed by atoms with Crippen molar-refractivity contribution < 1.29 is 9.13 Å². The molecular formula is C24H19FN6O3S. The summed E-state index contributed by atoms with van der Waals surface area (Å²) in [6.07, 6.45) is 4.75. The second-order valence-electron chi connectivity index (χ2n) is 7.97. The Morgan fingerprint density at radius 1 is 1.20 bits per heavy atom. The number of nitrogens with zero attached hydrogens (tertiary/aromatic N) is 6. The standard InChI is InChI=1S/C24H19FN6O3S/c1-13-7-16(25)19(34-3)8-15(13)20-9-17-22(35-20)23(32)31(24(33)30(17)6-4-5-26)18-12-27-10-14-11-28-29(2)21(14)18/h7-12H,4,6H2,1-3H3. The van der Waals surface area contributed by atoms with Crippen molar-refractivity contribution in [2.75, 3.05) is 7.11 Å². The van der Waals surface area contributed by atoms with Gasteiger partial charge in [0.15, 0.2) is 11.6 Å². The van der Waals surface area contributed by atoms with E-state index in [1.54, 1.807) is 43.2 Å². The number of thiophene rings is 1. The Kier molecular flexibility index (Phi) is 5.45. The molecule has 0 aliphatic carbocycles. The van der Waals surface area contributed by atoms with E-state index in [1.807, 2.05) is 0 Å². The highest BCUT2D eigenvalue weighted by molar-refractivity contribution is 7.22. The minimum absolute atomic E-state index is 0.0793. The fraction of sp³-hybridized carbons (Fsp3) is 0.208. The summed E-state index contributed by atoms with van der Waals surface area (Å²) in [5.41, 5.74) is 1.57. The lowest BCUT2D eigenvalue weighted by atomic mass is 10.1. The first-order chi connectivity index (χ1) is 16.8. The summed E-state index contributed by atoms with van der Waals surface area (Å²) in [5.74, 6) is -0.406. The van der Waals surface area contributed by atoms with Gasteiger partial charge in [-0.15, -0.1) is 11.3 Å². The number of aryl methyl sites for hydroxylation is 3. The maximum atomic E-state index is 14.2. The summed E-state index contributed by atoms with van der Waals surface area (Å²) >= 11 is 1.20. The van der Waals surface area contributed by atoms with Crippen LogP contribution in [-0.4, -0.2) is 31.0 Å². The van der Waals surface area contributed by atoms with Crippen LogP contribution in [-0.2, 0) is 13.6 Å². The largest absolute Gasteiger partial charge is 0.494 e. The van der Waals surface area contributed by atoms with Gasteiger partial charge in [-0.05, 0) is 36.2 Å². The summed E-state index contributed by atoms with van der Waals surface area (Å²) < 4.78 is 23.7. The molecule has 4 heterocycles. The molecule has 0 aliphatic heterocycles. The van der Waals surface area contributed by atoms with Crippen molar-refractivity contribution in [2.24, 2.45) is 7.05 Å². The van der Waals surface area contributed by atoms with E-state index in [4.69, 9.17) is 4.74 Å². The van der Waals surface area contributed by atoms with Crippen LogP contribution in [0.4, 0.5) is 4.39 Å². The van der Waals surface area contributed by atoms with E-state index in [9.17, 15) is 19.2 Å². The predicted molar refractivity (Wildman–Crippen MR) is 131 cm³/mol. The fourth-order valence-electron chi connectivity index (χ4n) is 4.22. The van der Waals surface area contributed by atoms with Crippen molar-refractivity contribution in [3.63, 3.8) is 0 Å². The van der Waals surface area contributed by atoms with E-state index >= 15 is 0 Å². The van der Waals surface area contributed by atoms with E-state index in [2.05, 4.69) is 16.2 Å². The number of methoxy groups -OCH3 is 1. The molecule has 0 saturated heterocycles. The summed E-state index contributed by atoms with van der Waals surface area (Å²) in [6.45, 7) is 1.86. The SMILES string of the molecule is COc1cc(-c2cc3c(s2)c(=O)n(-c2cncc4cnn(C)c24)c(=O)n3CCC#N)c(C)cc1F. The summed E-state index contributed by atoms with van der Waals surface area (Å²) in [7, 11) is 3.10. The van der Waals surface area contributed by atoms with Crippen LogP contribution in [0.1, 0.15) is 12.0 Å². The van der Waals surface area contributed by atoms with Gasteiger partial charge in [-0.3, -0.25) is 19.0 Å². The Balaban J connectivity index is 1.86. The van der Waals surface area contributed by atoms with Crippen molar-refractivity contribution in [1.82, 2.24) is 23.9 Å². The minimum Gasteiger partial charge on any atom is -0.494 e. The highest BCUT2D eigenvalue weighted by Crippen LogP contribution is 2.36. The number of benzene rings is 1. The number of nitriles is 1. The number of pyridine rings is 1. The molecule has 0 atom stereocenters. The van der Waals surface area contributed by atoms with Gasteiger partial charge >= 0.3 is 5.69 Å². The second-order valence-corrected chi connectivity index (χ2v) is 9.03. The molecule has 9 nitrogen and oxygen atoms in total. The zero-order valence-corrected chi connectivity index (χ0v) is 19.9. The van der Waals surface area contributed by atoms with Crippen molar-refractivity contribution in [1.29, 1.82) is 5.26 Å². The van der Waals surface area contributed by atoms with Crippen LogP contribution >= 0.6 is 11.3 Å². The number of hydrogen-bond donors (Lipinski definition) is 0. The molecule has 35 heavy (non-hydrogen) atoms. The van der Waals surface area contributed by atoms with Gasteiger partial charge in [0.05, 0.1) is 48.7 Å². The molecule has 11 heteroatoms. The first-order valence-electron chi connectivity index (χ1n) is 10.6. The molecule has 0 spiro atoms. The number of halogens is 1. The first-order valence-corrected chi connectivity index (χ1v) is 11.4. The first kappa shape index (κ1) is 22.5. The summed E-state index contributed by atoms with van der Waals surface area (Å²) in [5, 5.41) is 14.1. The molecule has 0 aliphatic rings. The average Bonchev–Trinajstić information content (AvgIpc) is 3.44. The Bertz CT molecular complexity index is 1790. The van der Waals surface area contributed by atoms with E-state index in [0.717, 1.165) is 4.57 Å². The van der Waals surface area contributed by atoms with Crippen LogP contribution in [0, 0.1) is 24.1 Å². The molecule has 5 aromatic rings. The van der Waals surface area contributed by atoms with Gasteiger partial charge in [0.25, 0.3) is 5.56 Å². The van der Waals surface area contributed by atoms with Gasteiger partial charge in [0, 0.05) is 30.1 Å². The van der Waals surface area contributed by atoms with Crippen molar-refractivity contribution >= 4 is 32.5 Å². The molecule has 0 saturated carbocycles. The Morgan fingerprint density at radius 2 is 2.00 bits per heavy atom. The minimum atomic E-state index is -0.578. The molecule has 4 aromatic heterocycles. The zero-order chi connectivity index (χ0) is 24.9. The molecule has 0 N–H and O–H groups in total. The predicted octanol–water partition coefficient (Wildman–Crippen LogP) is 3.53. The number of hydrogen-bond acceptors (Lipinski definition) is 7. The van der Waals surface area contributed by atoms with Crippen LogP contribution in [0.15, 0.2) is 46.4 Å². The van der Waals surface area contributed by atoms with Gasteiger partial charge < -0.3 is 4.74 Å². The van der Waals surface area contributed by atoms with E-state index in [1.165, 1.54) is 35.3 Å². The van der Waals surface area contributed by atoms with E-state index < -0.39 is 17.1 Å². The quantitative estimate of drug-likeness (QED) is 0.373. The van der Waals surface area contributed by atoms with E-state index in [0.29, 0.717) is 42.8 Å². The third kappa shape index (κ3) is 3.50. The second kappa shape index (κ2) is 8.48. The Labute approximate surface area is 201 Å². The smallest absolute Gasteiger partial charge is 0.336 e. The third-order valence-electron chi connectivity index (χ3n) is 5.90. The lowest BCUT2D eigenvalue weighted by molar-refractivity contribution is 0.386. The molecule has 0 fully saturated rings. The van der Waals surface area contributed by atoms with Crippen molar-refractivity contribution in [2.45, 2.75) is 19.9 Å². The van der Waals surface area contributed by atoms with Crippen LogP contribution in [0.3, 0.4) is 0 Å². The molecule has 5 rings (SSSR count). The van der Waals surface area contributed by atoms with Gasteiger partial charge in [0.1, 0.15) is 4.70 Å². The van der Waals surface area contributed by atoms with Gasteiger partial charge in [0.2, 0.25) is 0 Å². The maximum Gasteiger partial charge on any atom is 0.336 e. The molecule has 1 aromatic carbocycles. The molecular weight excluding hydrogens is 471 g/mol. The molecule has 0 unspecified atom stereocenters. The van der Waals surface area contributed by atoms with Crippen LogP contribution in [0.25, 0.3) is 37.2 Å². The maximum absolute atomic E-state index is 14.2. The van der Waals surface area contributed by atoms with Gasteiger partial charge in [-0.2, -0.15) is 10.4 Å². The lowest BCUT2D eigenvalue weighted by Gasteiger charge is -2.12. The van der Waals surface area contributed by atoms with Gasteiger partial charge in [-0.25, -0.2) is 13.8 Å². The average molecular weight is 491 g/mol. The van der Waals surface area contributed by atoms with Crippen LogP contribution < -0.4 is 16.0 Å². The van der Waals surface area contributed by atoms with Crippen molar-refractivity contribution in [3.8, 4) is 27.9 Å². The lowest BCUT2D eigenvalue weighted by Crippen LogP contribution is -2.38. The monoisotopic (exact) mass is 490 g/mol. The Hall–Kier alpha value is -4.30. The zero-order valence-electron chi connectivity index (χ0n) is 19.1. The Morgan fingerprint density at radius 3 is 2.74 bits per heavy atom. The normalized spacial score (nSPS) is 11.3. The van der Waals surface area contributed by atoms with Crippen LogP contribution in [0.5, 0.6) is 5.75 Å². The number of ether oxygens (including phenoxy) is 1. The summed E-state index contributed by atoms with van der Waals surface area (Å²) in [4.78, 5) is 32.2. The highest BCUT2D eigenvalue weighted by atomic mass is 32.1. The molecule has 176 valence electrons. The molecule has 0 bridgehead atoms. The fourth-order valence-corrected chi connectivity index (χ4v) is 5.39. The van der Waals surface area contributed by atoms with Crippen LogP contribution in [0.2, 0.25) is 0 Å². The van der Waals surface area contributed by atoms with Gasteiger partial charge in [-0.1, -0.05) is 0 Å². The highest BCUT2D eigenvalue weighted by Gasteiger charge is 2.21. The third-order valence-corrected chi connectivity index (χ3v) is 7.04. The summed E-state index contributed by atoms with van der Waals surface area (Å²) in [6, 6.07) is 6.73. The molecule has 0 radical (unpaired) electrons. The number of rotatable bonds is 5. The number of fused-ring (bicyclic) bond motifs is 2.